The van der Waals surface area contributed by atoms with E-state index >= 15 is 0 Å². The highest BCUT2D eigenvalue weighted by molar-refractivity contribution is 5.94. The van der Waals surface area contributed by atoms with Gasteiger partial charge in [-0.1, -0.05) is 6.07 Å². The number of ether oxygens (including phenoxy) is 1. The molecular weight excluding hydrogens is 378 g/mol. The van der Waals surface area contributed by atoms with Gasteiger partial charge in [-0.3, -0.25) is 9.59 Å². The average molecular weight is 402 g/mol. The first-order valence-corrected chi connectivity index (χ1v) is 9.50. The van der Waals surface area contributed by atoms with Crippen LogP contribution in [-0.2, 0) is 4.79 Å². The molecule has 1 saturated heterocycles. The minimum Gasteiger partial charge on any atom is -0.493 e. The number of likely N-dealkylation sites (tertiary alicyclic amines) is 1. The van der Waals surface area contributed by atoms with Gasteiger partial charge in [0.2, 0.25) is 5.91 Å². The number of rotatable bonds is 6. The zero-order chi connectivity index (χ0) is 21.0. The van der Waals surface area contributed by atoms with E-state index in [1.165, 1.54) is 30.3 Å². The third kappa shape index (κ3) is 5.10. The highest BCUT2D eigenvalue weighted by Crippen LogP contribution is 2.35. The minimum absolute atomic E-state index is 0.0558. The lowest BCUT2D eigenvalue weighted by atomic mass is 9.77. The molecule has 1 fully saturated rings. The lowest BCUT2D eigenvalue weighted by molar-refractivity contribution is -0.122. The van der Waals surface area contributed by atoms with Crippen molar-refractivity contribution < 1.29 is 23.1 Å². The summed E-state index contributed by atoms with van der Waals surface area (Å²) in [5.74, 6) is -1.11. The lowest BCUT2D eigenvalue weighted by Gasteiger charge is -2.42. The molecule has 3 rings (SSSR count). The number of benzene rings is 2. The summed E-state index contributed by atoms with van der Waals surface area (Å²) in [5, 5.41) is 0. The van der Waals surface area contributed by atoms with Crippen LogP contribution in [0.3, 0.4) is 0 Å². The summed E-state index contributed by atoms with van der Waals surface area (Å²) in [6.07, 6.45) is 1.38. The average Bonchev–Trinajstić information content (AvgIpc) is 2.69. The third-order valence-corrected chi connectivity index (χ3v) is 5.28. The molecule has 154 valence electrons. The van der Waals surface area contributed by atoms with E-state index in [1.807, 2.05) is 0 Å². The molecule has 0 aliphatic carbocycles. The van der Waals surface area contributed by atoms with Gasteiger partial charge in [0.05, 0.1) is 6.61 Å². The molecule has 7 heteroatoms. The smallest absolute Gasteiger partial charge is 0.253 e. The van der Waals surface area contributed by atoms with Gasteiger partial charge in [-0.15, -0.1) is 0 Å². The number of halogens is 2. The van der Waals surface area contributed by atoms with Gasteiger partial charge >= 0.3 is 0 Å². The summed E-state index contributed by atoms with van der Waals surface area (Å²) in [6.45, 7) is 2.57. The first-order chi connectivity index (χ1) is 13.8. The van der Waals surface area contributed by atoms with Crippen LogP contribution in [0, 0.1) is 24.0 Å². The number of hydrogen-bond acceptors (Lipinski definition) is 3. The van der Waals surface area contributed by atoms with E-state index in [2.05, 4.69) is 0 Å². The van der Waals surface area contributed by atoms with Crippen LogP contribution >= 0.6 is 0 Å². The largest absolute Gasteiger partial charge is 0.493 e. The second-order valence-corrected chi connectivity index (χ2v) is 7.68. The van der Waals surface area contributed by atoms with E-state index in [-0.39, 0.29) is 36.9 Å². The molecule has 2 aromatic rings. The van der Waals surface area contributed by atoms with Crippen molar-refractivity contribution in [3.8, 4) is 5.75 Å². The Balaban J connectivity index is 1.77. The van der Waals surface area contributed by atoms with Gasteiger partial charge in [-0.25, -0.2) is 8.78 Å². The van der Waals surface area contributed by atoms with Crippen LogP contribution in [0.1, 0.15) is 35.2 Å². The fourth-order valence-corrected chi connectivity index (χ4v) is 3.74. The highest BCUT2D eigenvalue weighted by Gasteiger charge is 2.39. The maximum Gasteiger partial charge on any atom is 0.253 e. The van der Waals surface area contributed by atoms with Crippen molar-refractivity contribution in [3.05, 3.63) is 65.2 Å². The lowest BCUT2D eigenvalue weighted by Crippen LogP contribution is -2.50. The molecule has 1 aliphatic rings. The highest BCUT2D eigenvalue weighted by atomic mass is 19.1. The maximum atomic E-state index is 13.9. The van der Waals surface area contributed by atoms with Gasteiger partial charge < -0.3 is 15.4 Å². The number of aryl methyl sites for hydroxylation is 1. The van der Waals surface area contributed by atoms with Crippen LogP contribution in [-0.4, -0.2) is 36.4 Å². The topological polar surface area (TPSA) is 72.6 Å². The summed E-state index contributed by atoms with van der Waals surface area (Å²) < 4.78 is 32.8. The summed E-state index contributed by atoms with van der Waals surface area (Å²) in [6, 6.07) is 10.00. The van der Waals surface area contributed by atoms with Gasteiger partial charge in [-0.2, -0.15) is 0 Å². The number of hydrogen-bond donors (Lipinski definition) is 1. The number of nitrogens with zero attached hydrogens (tertiary/aromatic N) is 1. The van der Waals surface area contributed by atoms with E-state index in [0.717, 1.165) is 0 Å². The number of nitrogens with two attached hydrogens (primary N) is 1. The van der Waals surface area contributed by atoms with Crippen molar-refractivity contribution in [2.24, 2.45) is 11.1 Å². The summed E-state index contributed by atoms with van der Waals surface area (Å²) in [4.78, 5) is 26.2. The Morgan fingerprint density at radius 3 is 2.55 bits per heavy atom. The number of carbonyl (C=O) groups is 2. The molecule has 1 atom stereocenters. The van der Waals surface area contributed by atoms with E-state index in [4.69, 9.17) is 10.5 Å². The van der Waals surface area contributed by atoms with Gasteiger partial charge in [-0.05, 0) is 61.7 Å². The standard InChI is InChI=1S/C22H24F2N2O3/c1-15-3-4-16(11-19(15)24)21(28)26-10-2-9-22(13-26,12-20(25)27)14-29-18-7-5-17(23)6-8-18/h3-8,11H,2,9-10,12-14H2,1H3,(H2,25,27)/t22-/m0/s1. The molecule has 2 aromatic carbocycles. The molecule has 0 radical (unpaired) electrons. The van der Waals surface area contributed by atoms with Crippen molar-refractivity contribution >= 4 is 11.8 Å². The van der Waals surface area contributed by atoms with Crippen molar-refractivity contribution in [2.75, 3.05) is 19.7 Å². The van der Waals surface area contributed by atoms with Crippen LogP contribution in [0.4, 0.5) is 8.78 Å². The van der Waals surface area contributed by atoms with Gasteiger partial charge in [0, 0.05) is 30.5 Å². The first-order valence-electron chi connectivity index (χ1n) is 9.50. The van der Waals surface area contributed by atoms with Crippen LogP contribution < -0.4 is 10.5 Å². The van der Waals surface area contributed by atoms with Crippen molar-refractivity contribution in [1.82, 2.24) is 4.90 Å². The SMILES string of the molecule is Cc1ccc(C(=O)N2CCC[C@](COc3ccc(F)cc3)(CC(N)=O)C2)cc1F. The molecule has 0 spiro atoms. The molecule has 1 heterocycles. The molecule has 0 unspecified atom stereocenters. The second kappa shape index (κ2) is 8.59. The van der Waals surface area contributed by atoms with Gasteiger partial charge in [0.25, 0.3) is 5.91 Å². The predicted molar refractivity (Wildman–Crippen MR) is 104 cm³/mol. The zero-order valence-corrected chi connectivity index (χ0v) is 16.3. The Labute approximate surface area is 168 Å². The number of amides is 2. The van der Waals surface area contributed by atoms with Crippen LogP contribution in [0.5, 0.6) is 5.75 Å². The molecule has 2 amide bonds. The van der Waals surface area contributed by atoms with Crippen LogP contribution in [0.2, 0.25) is 0 Å². The van der Waals surface area contributed by atoms with Crippen molar-refractivity contribution in [3.63, 3.8) is 0 Å². The molecule has 0 aromatic heterocycles. The molecule has 0 bridgehead atoms. The normalized spacial score (nSPS) is 19.1. The molecule has 0 saturated carbocycles. The minimum atomic E-state index is -0.655. The number of carbonyl (C=O) groups excluding carboxylic acids is 2. The van der Waals surface area contributed by atoms with E-state index in [0.29, 0.717) is 30.7 Å². The molecule has 29 heavy (non-hydrogen) atoms. The zero-order valence-electron chi connectivity index (χ0n) is 16.3. The monoisotopic (exact) mass is 402 g/mol. The number of primary amides is 1. The van der Waals surface area contributed by atoms with Crippen LogP contribution in [0.15, 0.2) is 42.5 Å². The molecular formula is C22H24F2N2O3. The Kier molecular flexibility index (Phi) is 6.15. The predicted octanol–water partition coefficient (Wildman–Crippen LogP) is 3.45. The Bertz CT molecular complexity index is 901. The van der Waals surface area contributed by atoms with E-state index in [1.54, 1.807) is 24.0 Å². The Morgan fingerprint density at radius 2 is 1.90 bits per heavy atom. The number of piperidine rings is 1. The molecule has 5 nitrogen and oxygen atoms in total. The summed E-state index contributed by atoms with van der Waals surface area (Å²) in [5.41, 5.74) is 5.55. The van der Waals surface area contributed by atoms with Gasteiger partial charge in [0.15, 0.2) is 0 Å². The third-order valence-electron chi connectivity index (χ3n) is 5.28. The van der Waals surface area contributed by atoms with Gasteiger partial charge in [0.1, 0.15) is 17.4 Å². The van der Waals surface area contributed by atoms with Crippen LogP contribution in [0.25, 0.3) is 0 Å². The first kappa shape index (κ1) is 20.8. The van der Waals surface area contributed by atoms with Crippen molar-refractivity contribution in [2.45, 2.75) is 26.2 Å². The second-order valence-electron chi connectivity index (χ2n) is 7.68. The van der Waals surface area contributed by atoms with Crippen molar-refractivity contribution in [1.29, 1.82) is 0 Å². The maximum absolute atomic E-state index is 13.9. The fraction of sp³-hybridized carbons (Fsp3) is 0.364. The summed E-state index contributed by atoms with van der Waals surface area (Å²) >= 11 is 0. The van der Waals surface area contributed by atoms with E-state index in [9.17, 15) is 18.4 Å². The molecule has 2 N–H and O–H groups in total. The quantitative estimate of drug-likeness (QED) is 0.804. The Hall–Kier alpha value is -2.96. The summed E-state index contributed by atoms with van der Waals surface area (Å²) in [7, 11) is 0. The fourth-order valence-electron chi connectivity index (χ4n) is 3.74. The molecule has 1 aliphatic heterocycles. The Morgan fingerprint density at radius 1 is 1.17 bits per heavy atom. The van der Waals surface area contributed by atoms with E-state index < -0.39 is 17.1 Å².